The molecule has 4 nitrogen and oxygen atoms in total. The smallest absolute Gasteiger partial charge is 0.405 e. The summed E-state index contributed by atoms with van der Waals surface area (Å²) in [5, 5.41) is 10.5. The van der Waals surface area contributed by atoms with Crippen LogP contribution in [0.3, 0.4) is 0 Å². The summed E-state index contributed by atoms with van der Waals surface area (Å²) in [6, 6.07) is 7.26. The summed E-state index contributed by atoms with van der Waals surface area (Å²) in [4.78, 5) is 11.0. The normalized spacial score (nSPS) is 19.9. The van der Waals surface area contributed by atoms with E-state index in [9.17, 15) is 9.90 Å². The van der Waals surface area contributed by atoms with Crippen LogP contribution >= 0.6 is 11.6 Å². The Hall–Kier alpha value is -1.26. The molecule has 1 aromatic carbocycles. The van der Waals surface area contributed by atoms with Crippen molar-refractivity contribution in [2.45, 2.75) is 37.4 Å². The van der Waals surface area contributed by atoms with Gasteiger partial charge >= 0.3 is 6.09 Å². The molecule has 3 N–H and O–H groups in total. The minimum atomic E-state index is -0.815. The molecule has 98 valence electrons. The first-order valence-corrected chi connectivity index (χ1v) is 6.25. The first-order valence-electron chi connectivity index (χ1n) is 5.87. The maximum atomic E-state index is 11.0. The van der Waals surface area contributed by atoms with Gasteiger partial charge < -0.3 is 15.6 Å². The number of hydrogen-bond donors (Lipinski definition) is 2. The third-order valence-electron chi connectivity index (χ3n) is 3.34. The highest BCUT2D eigenvalue weighted by atomic mass is 35.5. The van der Waals surface area contributed by atoms with Crippen molar-refractivity contribution < 1.29 is 14.6 Å². The molecule has 5 heteroatoms. The van der Waals surface area contributed by atoms with Crippen LogP contribution in [-0.2, 0) is 4.74 Å². The molecule has 2 atom stereocenters. The van der Waals surface area contributed by atoms with Crippen molar-refractivity contribution in [3.63, 3.8) is 0 Å². The number of nitrogens with two attached hydrogens (primary N) is 1. The molecule has 0 radical (unpaired) electrons. The van der Waals surface area contributed by atoms with E-state index in [1.54, 1.807) is 13.0 Å². The topological polar surface area (TPSA) is 72.6 Å². The Balaban J connectivity index is 2.36. The van der Waals surface area contributed by atoms with Gasteiger partial charge in [0.1, 0.15) is 5.60 Å². The van der Waals surface area contributed by atoms with Crippen molar-refractivity contribution in [2.24, 2.45) is 5.73 Å². The number of amides is 1. The van der Waals surface area contributed by atoms with E-state index in [0.717, 1.165) is 5.56 Å². The van der Waals surface area contributed by atoms with Crippen LogP contribution in [0.5, 0.6) is 0 Å². The Labute approximate surface area is 111 Å². The van der Waals surface area contributed by atoms with Crippen molar-refractivity contribution in [1.29, 1.82) is 0 Å². The number of hydrogen-bond acceptors (Lipinski definition) is 3. The molecule has 0 bridgehead atoms. The molecule has 1 aliphatic rings. The number of rotatable bonds is 4. The highest BCUT2D eigenvalue weighted by molar-refractivity contribution is 6.31. The first kappa shape index (κ1) is 13.2. The van der Waals surface area contributed by atoms with E-state index >= 15 is 0 Å². The van der Waals surface area contributed by atoms with Gasteiger partial charge in [-0.3, -0.25) is 0 Å². The van der Waals surface area contributed by atoms with Gasteiger partial charge in [-0.15, -0.1) is 0 Å². The molecule has 1 aliphatic carbocycles. The fourth-order valence-corrected chi connectivity index (χ4v) is 2.76. The second kappa shape index (κ2) is 4.78. The van der Waals surface area contributed by atoms with Gasteiger partial charge in [-0.25, -0.2) is 4.79 Å². The highest BCUT2D eigenvalue weighted by Crippen LogP contribution is 2.53. The number of carbonyl (C=O) groups excluding carboxylic acids is 1. The Morgan fingerprint density at radius 1 is 1.50 bits per heavy atom. The first-order chi connectivity index (χ1) is 8.46. The monoisotopic (exact) mass is 269 g/mol. The van der Waals surface area contributed by atoms with E-state index in [2.05, 4.69) is 0 Å². The quantitative estimate of drug-likeness (QED) is 0.882. The number of aliphatic hydroxyl groups excluding tert-OH is 1. The van der Waals surface area contributed by atoms with Crippen molar-refractivity contribution in [1.82, 2.24) is 0 Å². The van der Waals surface area contributed by atoms with Gasteiger partial charge in [-0.05, 0) is 31.4 Å². The molecule has 0 spiro atoms. The maximum absolute atomic E-state index is 11.0. The number of halogens is 1. The van der Waals surface area contributed by atoms with Crippen LogP contribution in [-0.4, -0.2) is 22.9 Å². The predicted molar refractivity (Wildman–Crippen MR) is 68.5 cm³/mol. The molecule has 0 aliphatic heterocycles. The van der Waals surface area contributed by atoms with Crippen LogP contribution in [0.1, 0.15) is 31.2 Å². The third kappa shape index (κ3) is 2.44. The van der Waals surface area contributed by atoms with Gasteiger partial charge in [-0.1, -0.05) is 29.8 Å². The minimum Gasteiger partial charge on any atom is -0.442 e. The number of carbonyl (C=O) groups is 1. The van der Waals surface area contributed by atoms with Crippen molar-refractivity contribution in [3.8, 4) is 0 Å². The van der Waals surface area contributed by atoms with Crippen LogP contribution in [0.25, 0.3) is 0 Å². The van der Waals surface area contributed by atoms with E-state index in [-0.39, 0.29) is 5.92 Å². The number of primary amides is 1. The van der Waals surface area contributed by atoms with Crippen LogP contribution in [0.4, 0.5) is 4.79 Å². The molecule has 1 aromatic rings. The summed E-state index contributed by atoms with van der Waals surface area (Å²) in [5.74, 6) is -0.348. The van der Waals surface area contributed by atoms with Crippen molar-refractivity contribution in [3.05, 3.63) is 34.9 Å². The molecule has 1 amide bonds. The lowest BCUT2D eigenvalue weighted by Crippen LogP contribution is -2.35. The van der Waals surface area contributed by atoms with Gasteiger partial charge in [0.05, 0.1) is 12.0 Å². The molecule has 1 fully saturated rings. The molecular formula is C13H16ClNO3. The van der Waals surface area contributed by atoms with Crippen LogP contribution in [0, 0.1) is 0 Å². The zero-order valence-electron chi connectivity index (χ0n) is 10.1. The average Bonchev–Trinajstić information content (AvgIpc) is 3.00. The minimum absolute atomic E-state index is 0.348. The zero-order valence-corrected chi connectivity index (χ0v) is 10.9. The third-order valence-corrected chi connectivity index (χ3v) is 3.68. The lowest BCUT2D eigenvalue weighted by Gasteiger charge is -2.29. The van der Waals surface area contributed by atoms with E-state index < -0.39 is 17.8 Å². The summed E-state index contributed by atoms with van der Waals surface area (Å²) in [7, 11) is 0. The Kier molecular flexibility index (Phi) is 3.50. The lowest BCUT2D eigenvalue weighted by atomic mass is 9.87. The summed E-state index contributed by atoms with van der Waals surface area (Å²) < 4.78 is 5.20. The number of aliphatic hydroxyl groups is 1. The van der Waals surface area contributed by atoms with Gasteiger partial charge in [0, 0.05) is 5.02 Å². The van der Waals surface area contributed by atoms with Crippen LogP contribution in [0.15, 0.2) is 24.3 Å². The van der Waals surface area contributed by atoms with E-state index in [1.807, 2.05) is 18.2 Å². The molecular weight excluding hydrogens is 254 g/mol. The van der Waals surface area contributed by atoms with E-state index in [1.165, 1.54) is 0 Å². The highest BCUT2D eigenvalue weighted by Gasteiger charge is 2.55. The summed E-state index contributed by atoms with van der Waals surface area (Å²) in [5.41, 5.74) is 5.18. The van der Waals surface area contributed by atoms with Gasteiger partial charge in [-0.2, -0.15) is 0 Å². The fraction of sp³-hybridized carbons (Fsp3) is 0.462. The molecule has 0 aromatic heterocycles. The van der Waals surface area contributed by atoms with Gasteiger partial charge in [0.15, 0.2) is 0 Å². The molecule has 0 saturated heterocycles. The van der Waals surface area contributed by atoms with Crippen molar-refractivity contribution >= 4 is 17.7 Å². The van der Waals surface area contributed by atoms with Gasteiger partial charge in [0.2, 0.25) is 0 Å². The largest absolute Gasteiger partial charge is 0.442 e. The number of ether oxygens (including phenoxy) is 1. The van der Waals surface area contributed by atoms with Gasteiger partial charge in [0.25, 0.3) is 0 Å². The Morgan fingerprint density at radius 3 is 2.56 bits per heavy atom. The van der Waals surface area contributed by atoms with Crippen LogP contribution in [0.2, 0.25) is 5.02 Å². The Bertz CT molecular complexity index is 457. The Morgan fingerprint density at radius 2 is 2.11 bits per heavy atom. The second-order valence-corrected chi connectivity index (χ2v) is 5.13. The van der Waals surface area contributed by atoms with E-state index in [0.29, 0.717) is 17.9 Å². The molecule has 0 heterocycles. The molecule has 0 unspecified atom stereocenters. The summed E-state index contributed by atoms with van der Waals surface area (Å²) >= 11 is 6.15. The maximum Gasteiger partial charge on any atom is 0.405 e. The van der Waals surface area contributed by atoms with Crippen LogP contribution < -0.4 is 5.73 Å². The molecule has 1 saturated carbocycles. The standard InChI is InChI=1S/C13H16ClNO3/c1-8(16)11(9-4-2-3-5-10(9)14)13(6-7-13)18-12(15)17/h2-5,8,11,16H,6-7H2,1H3,(H2,15,17)/t8-,11+/m1/s1. The second-order valence-electron chi connectivity index (χ2n) is 4.73. The average molecular weight is 270 g/mol. The summed E-state index contributed by atoms with van der Waals surface area (Å²) in [6.45, 7) is 1.67. The zero-order chi connectivity index (χ0) is 13.3. The fourth-order valence-electron chi connectivity index (χ4n) is 2.51. The molecule has 18 heavy (non-hydrogen) atoms. The summed E-state index contributed by atoms with van der Waals surface area (Å²) in [6.07, 6.45) is -0.107. The SMILES string of the molecule is C[C@@H](O)[C@@H](c1ccccc1Cl)C1(OC(N)=O)CC1. The van der Waals surface area contributed by atoms with Crippen molar-refractivity contribution in [2.75, 3.05) is 0 Å². The predicted octanol–water partition coefficient (Wildman–Crippen LogP) is 2.43. The lowest BCUT2D eigenvalue weighted by molar-refractivity contribution is 0.0275. The molecule has 2 rings (SSSR count). The van der Waals surface area contributed by atoms with E-state index in [4.69, 9.17) is 22.1 Å². The number of benzene rings is 1.